The molecule has 1 unspecified atom stereocenters. The molecule has 0 heterocycles. The number of hydrogen-bond acceptors (Lipinski definition) is 4. The Morgan fingerprint density at radius 3 is 2.46 bits per heavy atom. The summed E-state index contributed by atoms with van der Waals surface area (Å²) >= 11 is 0. The number of hydrogen-bond donors (Lipinski definition) is 3. The Hall–Kier alpha value is -2.64. The third-order valence-electron chi connectivity index (χ3n) is 3.95. The highest BCUT2D eigenvalue weighted by Crippen LogP contribution is 2.25. The lowest BCUT2D eigenvalue weighted by atomic mass is 10.1. The first-order chi connectivity index (χ1) is 13.0. The van der Waals surface area contributed by atoms with Crippen LogP contribution in [0.5, 0.6) is 5.75 Å². The number of ether oxygens (including phenoxy) is 2. The molecular weight excluding hydrogens is 385 g/mol. The number of nitrogens with two attached hydrogens (primary N) is 1. The molecule has 0 aliphatic heterocycles. The second-order valence-corrected chi connectivity index (χ2v) is 5.97. The van der Waals surface area contributed by atoms with E-state index in [1.165, 1.54) is 19.2 Å². The predicted octanol–water partition coefficient (Wildman–Crippen LogP) is 3.32. The van der Waals surface area contributed by atoms with Crippen LogP contribution in [-0.2, 0) is 16.1 Å². The number of amides is 1. The highest BCUT2D eigenvalue weighted by atomic mass is 35.5. The Balaban J connectivity index is 0.00000392. The van der Waals surface area contributed by atoms with Gasteiger partial charge in [0.05, 0.1) is 7.11 Å². The lowest BCUT2D eigenvalue weighted by Crippen LogP contribution is -2.31. The maximum Gasteiger partial charge on any atom is 0.254 e. The van der Waals surface area contributed by atoms with Crippen molar-refractivity contribution in [1.82, 2.24) is 5.32 Å². The Morgan fingerprint density at radius 2 is 1.93 bits per heavy atom. The molecule has 0 saturated carbocycles. The molecule has 2 aromatic carbocycles. The van der Waals surface area contributed by atoms with E-state index in [9.17, 15) is 9.18 Å². The molecule has 1 amide bonds. The average molecular weight is 410 g/mol. The normalized spacial score (nSPS) is 11.2. The van der Waals surface area contributed by atoms with Crippen LogP contribution >= 0.6 is 12.4 Å². The van der Waals surface area contributed by atoms with Gasteiger partial charge in [0.1, 0.15) is 17.4 Å². The summed E-state index contributed by atoms with van der Waals surface area (Å²) in [7, 11) is 1.45. The molecule has 0 radical (unpaired) electrons. The molecule has 0 spiro atoms. The number of halogens is 2. The first kappa shape index (κ1) is 23.4. The van der Waals surface area contributed by atoms with Gasteiger partial charge in [0.25, 0.3) is 5.91 Å². The molecule has 4 N–H and O–H groups in total. The molecule has 2 aromatic rings. The van der Waals surface area contributed by atoms with E-state index in [0.717, 1.165) is 5.56 Å². The van der Waals surface area contributed by atoms with E-state index in [-0.39, 0.29) is 30.4 Å². The van der Waals surface area contributed by atoms with Gasteiger partial charge in [-0.15, -0.1) is 12.4 Å². The zero-order valence-corrected chi connectivity index (χ0v) is 16.6. The van der Waals surface area contributed by atoms with Crippen molar-refractivity contribution in [3.8, 4) is 5.75 Å². The number of rotatable bonds is 9. The largest absolute Gasteiger partial charge is 0.497 e. The maximum absolute atomic E-state index is 14.4. The van der Waals surface area contributed by atoms with Crippen molar-refractivity contribution in [3.63, 3.8) is 0 Å². The minimum Gasteiger partial charge on any atom is -0.497 e. The number of carbonyl (C=O) groups is 1. The average Bonchev–Trinajstić information content (AvgIpc) is 2.67. The van der Waals surface area contributed by atoms with Gasteiger partial charge >= 0.3 is 0 Å². The molecule has 0 fully saturated rings. The number of amidine groups is 1. The fraction of sp³-hybridized carbons (Fsp3) is 0.300. The molecule has 0 aromatic heterocycles. The van der Waals surface area contributed by atoms with E-state index in [4.69, 9.17) is 20.6 Å². The second kappa shape index (κ2) is 11.3. The van der Waals surface area contributed by atoms with Crippen molar-refractivity contribution in [1.29, 1.82) is 5.41 Å². The fourth-order valence-corrected chi connectivity index (χ4v) is 2.47. The van der Waals surface area contributed by atoms with E-state index in [1.54, 1.807) is 30.3 Å². The number of nitrogens with one attached hydrogen (secondary N) is 2. The van der Waals surface area contributed by atoms with Crippen LogP contribution in [-0.4, -0.2) is 25.5 Å². The Kier molecular flexibility index (Phi) is 9.41. The Bertz CT molecular complexity index is 800. The Morgan fingerprint density at radius 1 is 1.25 bits per heavy atom. The Labute approximate surface area is 170 Å². The summed E-state index contributed by atoms with van der Waals surface area (Å²) in [6.45, 7) is 2.49. The fourth-order valence-electron chi connectivity index (χ4n) is 2.47. The number of methoxy groups -OCH3 is 1. The predicted molar refractivity (Wildman–Crippen MR) is 108 cm³/mol. The zero-order chi connectivity index (χ0) is 19.8. The highest BCUT2D eigenvalue weighted by Gasteiger charge is 2.24. The van der Waals surface area contributed by atoms with E-state index in [0.29, 0.717) is 24.3 Å². The van der Waals surface area contributed by atoms with Crippen LogP contribution in [0.25, 0.3) is 0 Å². The van der Waals surface area contributed by atoms with Gasteiger partial charge in [-0.05, 0) is 24.1 Å². The first-order valence-electron chi connectivity index (χ1n) is 8.62. The van der Waals surface area contributed by atoms with Gasteiger partial charge in [0, 0.05) is 30.3 Å². The molecule has 0 saturated heterocycles. The molecule has 152 valence electrons. The smallest absolute Gasteiger partial charge is 0.254 e. The third-order valence-corrected chi connectivity index (χ3v) is 3.95. The third kappa shape index (κ3) is 6.21. The number of benzene rings is 2. The van der Waals surface area contributed by atoms with Gasteiger partial charge in [-0.3, -0.25) is 10.2 Å². The minimum atomic E-state index is -1.05. The number of nitrogen functional groups attached to an aromatic ring is 1. The first-order valence-corrected chi connectivity index (χ1v) is 8.62. The molecule has 28 heavy (non-hydrogen) atoms. The van der Waals surface area contributed by atoms with Gasteiger partial charge in [-0.2, -0.15) is 0 Å². The van der Waals surface area contributed by atoms with Gasteiger partial charge < -0.3 is 20.5 Å². The quantitative estimate of drug-likeness (QED) is 0.437. The van der Waals surface area contributed by atoms with Crippen LogP contribution in [0.1, 0.15) is 36.1 Å². The SMILES string of the molecule is CCCOC(C(=O)NCc1ccc(C(=N)N)cc1)c1ccc(OC)cc1F.Cl. The van der Waals surface area contributed by atoms with E-state index in [1.807, 2.05) is 6.92 Å². The van der Waals surface area contributed by atoms with Crippen molar-refractivity contribution < 1.29 is 18.7 Å². The van der Waals surface area contributed by atoms with Crippen molar-refractivity contribution in [2.24, 2.45) is 5.73 Å². The maximum atomic E-state index is 14.4. The molecule has 0 aliphatic rings. The van der Waals surface area contributed by atoms with Crippen LogP contribution in [0.2, 0.25) is 0 Å². The summed E-state index contributed by atoms with van der Waals surface area (Å²) in [6, 6.07) is 11.3. The van der Waals surface area contributed by atoms with Gasteiger partial charge in [-0.1, -0.05) is 31.2 Å². The molecule has 6 nitrogen and oxygen atoms in total. The van der Waals surface area contributed by atoms with Crippen molar-refractivity contribution in [2.75, 3.05) is 13.7 Å². The molecule has 1 atom stereocenters. The summed E-state index contributed by atoms with van der Waals surface area (Å²) in [4.78, 5) is 12.6. The summed E-state index contributed by atoms with van der Waals surface area (Å²) < 4.78 is 25.0. The summed E-state index contributed by atoms with van der Waals surface area (Å²) in [6.07, 6.45) is -0.346. The molecule has 0 bridgehead atoms. The lowest BCUT2D eigenvalue weighted by molar-refractivity contribution is -0.133. The van der Waals surface area contributed by atoms with Gasteiger partial charge in [-0.25, -0.2) is 4.39 Å². The van der Waals surface area contributed by atoms with Crippen LogP contribution in [0.3, 0.4) is 0 Å². The van der Waals surface area contributed by atoms with Crippen LogP contribution in [0.4, 0.5) is 4.39 Å². The van der Waals surface area contributed by atoms with Gasteiger partial charge in [0.2, 0.25) is 0 Å². The van der Waals surface area contributed by atoms with Gasteiger partial charge in [0.15, 0.2) is 6.10 Å². The summed E-state index contributed by atoms with van der Waals surface area (Å²) in [5, 5.41) is 10.2. The second-order valence-electron chi connectivity index (χ2n) is 5.97. The molecular formula is C20H25ClFN3O3. The summed E-state index contributed by atoms with van der Waals surface area (Å²) in [5.41, 5.74) is 7.02. The molecule has 8 heteroatoms. The van der Waals surface area contributed by atoms with Crippen molar-refractivity contribution >= 4 is 24.1 Å². The summed E-state index contributed by atoms with van der Waals surface area (Å²) in [5.74, 6) is -0.635. The standard InChI is InChI=1S/C20H24FN3O3.ClH/c1-3-10-27-18(16-9-8-15(26-2)11-17(16)21)20(25)24-12-13-4-6-14(7-5-13)19(22)23;/h4-9,11,18H,3,10,12H2,1-2H3,(H3,22,23)(H,24,25);1H. The van der Waals surface area contributed by atoms with E-state index < -0.39 is 17.8 Å². The van der Waals surface area contributed by atoms with Crippen LogP contribution < -0.4 is 15.8 Å². The monoisotopic (exact) mass is 409 g/mol. The van der Waals surface area contributed by atoms with E-state index in [2.05, 4.69) is 5.32 Å². The zero-order valence-electron chi connectivity index (χ0n) is 15.8. The topological polar surface area (TPSA) is 97.4 Å². The highest BCUT2D eigenvalue weighted by molar-refractivity contribution is 5.94. The minimum absolute atomic E-state index is 0. The van der Waals surface area contributed by atoms with Crippen molar-refractivity contribution in [3.05, 3.63) is 65.0 Å². The number of carbonyl (C=O) groups excluding carboxylic acids is 1. The van der Waals surface area contributed by atoms with E-state index >= 15 is 0 Å². The van der Waals surface area contributed by atoms with Crippen LogP contribution in [0.15, 0.2) is 42.5 Å². The van der Waals surface area contributed by atoms with Crippen LogP contribution in [0, 0.1) is 11.2 Å². The molecule has 0 aliphatic carbocycles. The lowest BCUT2D eigenvalue weighted by Gasteiger charge is -2.19. The van der Waals surface area contributed by atoms with Crippen molar-refractivity contribution in [2.45, 2.75) is 26.0 Å². The molecule has 2 rings (SSSR count).